The number of halogens is 1. The normalized spacial score (nSPS) is 19.6. The maximum atomic E-state index is 9.76. The molecule has 0 spiro atoms. The van der Waals surface area contributed by atoms with Crippen molar-refractivity contribution in [2.45, 2.75) is 5.92 Å². The summed E-state index contributed by atoms with van der Waals surface area (Å²) in [5.41, 5.74) is 14.3. The molecule has 0 amide bonds. The van der Waals surface area contributed by atoms with Gasteiger partial charge in [0.1, 0.15) is 5.84 Å². The van der Waals surface area contributed by atoms with Crippen molar-refractivity contribution in [2.75, 3.05) is 0 Å². The van der Waals surface area contributed by atoms with Crippen molar-refractivity contribution in [1.29, 1.82) is 5.26 Å². The molecule has 2 heterocycles. The van der Waals surface area contributed by atoms with Crippen molar-refractivity contribution in [3.63, 3.8) is 0 Å². The molecule has 0 fully saturated rings. The third-order valence-electron chi connectivity index (χ3n) is 3.65. The average Bonchev–Trinajstić information content (AvgIpc) is 3.08. The minimum Gasteiger partial charge on any atom is -0.404 e. The molecule has 2 aromatic rings. The number of allylic oxidation sites excluding steroid dienone is 1. The predicted octanol–water partition coefficient (Wildman–Crippen LogP) is 3.63. The van der Waals surface area contributed by atoms with Crippen molar-refractivity contribution in [3.05, 3.63) is 74.6 Å². The van der Waals surface area contributed by atoms with Crippen molar-refractivity contribution >= 4 is 34.5 Å². The van der Waals surface area contributed by atoms with E-state index < -0.39 is 5.92 Å². The Kier molecular flexibility index (Phi) is 4.20. The molecule has 0 aliphatic carbocycles. The van der Waals surface area contributed by atoms with E-state index in [0.717, 1.165) is 10.4 Å². The lowest BCUT2D eigenvalue weighted by Crippen LogP contribution is -2.26. The molecule has 1 aromatic heterocycles. The van der Waals surface area contributed by atoms with Gasteiger partial charge in [0.25, 0.3) is 0 Å². The van der Waals surface area contributed by atoms with Crippen molar-refractivity contribution in [3.8, 4) is 6.07 Å². The number of nitriles is 1. The van der Waals surface area contributed by atoms with Gasteiger partial charge in [0.2, 0.25) is 0 Å². The van der Waals surface area contributed by atoms with Gasteiger partial charge in [-0.1, -0.05) is 35.9 Å². The van der Waals surface area contributed by atoms with Crippen LogP contribution in [0.25, 0.3) is 5.70 Å². The van der Waals surface area contributed by atoms with Crippen LogP contribution in [0.3, 0.4) is 0 Å². The minimum atomic E-state index is -0.423. The molecule has 0 bridgehead atoms. The van der Waals surface area contributed by atoms with Gasteiger partial charge in [0.05, 0.1) is 28.1 Å². The van der Waals surface area contributed by atoms with E-state index in [1.807, 2.05) is 35.7 Å². The topological polar surface area (TPSA) is 88.2 Å². The van der Waals surface area contributed by atoms with Crippen LogP contribution in [0.5, 0.6) is 0 Å². The fourth-order valence-corrected chi connectivity index (χ4v) is 3.59. The number of hydrogen-bond acceptors (Lipinski definition) is 5. The quantitative estimate of drug-likeness (QED) is 0.874. The number of nitrogens with two attached hydrogens (primary N) is 2. The van der Waals surface area contributed by atoms with E-state index in [1.54, 1.807) is 6.07 Å². The van der Waals surface area contributed by atoms with Crippen LogP contribution in [-0.2, 0) is 0 Å². The Labute approximate surface area is 143 Å². The largest absolute Gasteiger partial charge is 0.404 e. The summed E-state index contributed by atoms with van der Waals surface area (Å²) >= 11 is 7.85. The second kappa shape index (κ2) is 6.29. The minimum absolute atomic E-state index is 0.305. The molecule has 0 saturated carbocycles. The number of amidine groups is 1. The fourth-order valence-electron chi connectivity index (χ4n) is 2.62. The third-order valence-corrected chi connectivity index (χ3v) is 4.87. The number of thiophene rings is 1. The van der Waals surface area contributed by atoms with Gasteiger partial charge in [0, 0.05) is 16.8 Å². The van der Waals surface area contributed by atoms with Gasteiger partial charge in [0.15, 0.2) is 0 Å². The van der Waals surface area contributed by atoms with Crippen LogP contribution in [0.2, 0.25) is 5.02 Å². The van der Waals surface area contributed by atoms with Crippen molar-refractivity contribution in [2.24, 2.45) is 16.5 Å². The summed E-state index contributed by atoms with van der Waals surface area (Å²) in [5, 5.41) is 12.3. The van der Waals surface area contributed by atoms with E-state index in [9.17, 15) is 5.26 Å². The summed E-state index contributed by atoms with van der Waals surface area (Å²) in [6, 6.07) is 13.5. The fraction of sp³-hybridized carbons (Fsp3) is 0.0588. The van der Waals surface area contributed by atoms with Gasteiger partial charge in [-0.2, -0.15) is 5.26 Å². The standard InChI is InChI=1S/C17H13ClN4S/c18-13-5-2-1-4-10(13)15-11(8-19)16(14-6-3-7-23-14)22-17(21)12(15)9-20/h1-7,9,15H,20H2,(H2,21,22)/b12-9-. The molecule has 1 aliphatic rings. The summed E-state index contributed by atoms with van der Waals surface area (Å²) in [5.74, 6) is -0.117. The van der Waals surface area contributed by atoms with E-state index >= 15 is 0 Å². The maximum Gasteiger partial charge on any atom is 0.129 e. The summed E-state index contributed by atoms with van der Waals surface area (Å²) in [4.78, 5) is 5.29. The van der Waals surface area contributed by atoms with Crippen LogP contribution in [0, 0.1) is 11.3 Å². The first-order valence-electron chi connectivity index (χ1n) is 6.86. The lowest BCUT2D eigenvalue weighted by atomic mass is 9.82. The highest BCUT2D eigenvalue weighted by atomic mass is 35.5. The van der Waals surface area contributed by atoms with E-state index in [0.29, 0.717) is 27.7 Å². The highest BCUT2D eigenvalue weighted by molar-refractivity contribution is 7.11. The molecule has 1 aliphatic heterocycles. The molecule has 23 heavy (non-hydrogen) atoms. The van der Waals surface area contributed by atoms with Crippen LogP contribution in [0.1, 0.15) is 16.4 Å². The van der Waals surface area contributed by atoms with E-state index in [4.69, 9.17) is 23.1 Å². The molecule has 1 aromatic carbocycles. The second-order valence-corrected chi connectivity index (χ2v) is 6.28. The zero-order valence-electron chi connectivity index (χ0n) is 12.0. The van der Waals surface area contributed by atoms with Gasteiger partial charge >= 0.3 is 0 Å². The van der Waals surface area contributed by atoms with Gasteiger partial charge in [-0.25, -0.2) is 4.99 Å². The SMILES string of the molecule is N#CC1=C(c2cccs2)N=C(N)/C(=C\N)C1c1ccccc1Cl. The monoisotopic (exact) mass is 340 g/mol. The average molecular weight is 341 g/mol. The Morgan fingerprint density at radius 1 is 1.26 bits per heavy atom. The number of aliphatic imine (C=N–C) groups is 1. The maximum absolute atomic E-state index is 9.76. The van der Waals surface area contributed by atoms with Gasteiger partial charge in [-0.3, -0.25) is 0 Å². The number of benzene rings is 1. The summed E-state index contributed by atoms with van der Waals surface area (Å²) < 4.78 is 0. The Morgan fingerprint density at radius 2 is 2.04 bits per heavy atom. The lowest BCUT2D eigenvalue weighted by Gasteiger charge is -2.26. The first-order valence-corrected chi connectivity index (χ1v) is 8.12. The first-order chi connectivity index (χ1) is 11.2. The number of hydrogen-bond donors (Lipinski definition) is 2. The molecule has 1 unspecified atom stereocenters. The van der Waals surface area contributed by atoms with Crippen molar-refractivity contribution < 1.29 is 0 Å². The zero-order chi connectivity index (χ0) is 16.4. The zero-order valence-corrected chi connectivity index (χ0v) is 13.6. The summed E-state index contributed by atoms with van der Waals surface area (Å²) in [7, 11) is 0. The molecule has 0 saturated heterocycles. The highest BCUT2D eigenvalue weighted by Gasteiger charge is 2.32. The highest BCUT2D eigenvalue weighted by Crippen LogP contribution is 2.43. The van der Waals surface area contributed by atoms with Gasteiger partial charge in [-0.05, 0) is 23.1 Å². The Hall–Kier alpha value is -2.55. The van der Waals surface area contributed by atoms with Gasteiger partial charge in [-0.15, -0.1) is 11.3 Å². The van der Waals surface area contributed by atoms with E-state index in [1.165, 1.54) is 17.5 Å². The van der Waals surface area contributed by atoms with Crippen LogP contribution in [0.15, 0.2) is 64.1 Å². The molecule has 0 radical (unpaired) electrons. The smallest absolute Gasteiger partial charge is 0.129 e. The summed E-state index contributed by atoms with van der Waals surface area (Å²) in [6.45, 7) is 0. The van der Waals surface area contributed by atoms with E-state index in [2.05, 4.69) is 11.1 Å². The molecular formula is C17H13ClN4S. The van der Waals surface area contributed by atoms with E-state index in [-0.39, 0.29) is 0 Å². The van der Waals surface area contributed by atoms with Gasteiger partial charge < -0.3 is 11.5 Å². The molecule has 3 rings (SSSR count). The van der Waals surface area contributed by atoms with Crippen LogP contribution >= 0.6 is 22.9 Å². The molecule has 4 N–H and O–H groups in total. The first kappa shape index (κ1) is 15.3. The van der Waals surface area contributed by atoms with Crippen LogP contribution in [0.4, 0.5) is 0 Å². The third kappa shape index (κ3) is 2.63. The number of nitrogens with zero attached hydrogens (tertiary/aromatic N) is 2. The second-order valence-electron chi connectivity index (χ2n) is 4.92. The van der Waals surface area contributed by atoms with Crippen LogP contribution in [-0.4, -0.2) is 5.84 Å². The molecule has 4 nitrogen and oxygen atoms in total. The van der Waals surface area contributed by atoms with Crippen LogP contribution < -0.4 is 11.5 Å². The molecular weight excluding hydrogens is 328 g/mol. The molecule has 6 heteroatoms. The Balaban J connectivity index is 2.29. The Morgan fingerprint density at radius 3 is 2.65 bits per heavy atom. The summed E-state index contributed by atoms with van der Waals surface area (Å²) in [6.07, 6.45) is 1.40. The predicted molar refractivity (Wildman–Crippen MR) is 94.9 cm³/mol. The molecule has 1 atom stereocenters. The number of rotatable bonds is 2. The van der Waals surface area contributed by atoms with Crippen molar-refractivity contribution in [1.82, 2.24) is 0 Å². The molecule has 114 valence electrons. The lowest BCUT2D eigenvalue weighted by molar-refractivity contribution is 0.970. The Bertz CT molecular complexity index is 872.